The summed E-state index contributed by atoms with van der Waals surface area (Å²) in [4.78, 5) is 16.3. The van der Waals surface area contributed by atoms with Crippen LogP contribution in [-0.4, -0.2) is 35.3 Å². The number of halogens is 1. The molecule has 0 radical (unpaired) electrons. The van der Waals surface area contributed by atoms with Crippen LogP contribution in [0.4, 0.5) is 5.95 Å². The zero-order valence-electron chi connectivity index (χ0n) is 11.1. The number of nitrogens with zero attached hydrogens (tertiary/aromatic N) is 6. The van der Waals surface area contributed by atoms with Crippen molar-refractivity contribution in [2.45, 2.75) is 39.2 Å². The molecule has 0 spiro atoms. The van der Waals surface area contributed by atoms with Gasteiger partial charge in [-0.2, -0.15) is 24.7 Å². The van der Waals surface area contributed by atoms with Gasteiger partial charge in [0, 0.05) is 5.54 Å². The summed E-state index contributed by atoms with van der Waals surface area (Å²) in [6.07, 6.45) is 4.82. The fourth-order valence-corrected chi connectivity index (χ4v) is 1.66. The first kappa shape index (κ1) is 13.7. The maximum absolute atomic E-state index is 5.92. The summed E-state index contributed by atoms with van der Waals surface area (Å²) in [6, 6.07) is 0. The van der Waals surface area contributed by atoms with E-state index in [1.807, 2.05) is 0 Å². The van der Waals surface area contributed by atoms with E-state index in [2.05, 4.69) is 51.1 Å². The first-order valence-corrected chi connectivity index (χ1v) is 6.49. The van der Waals surface area contributed by atoms with Crippen molar-refractivity contribution < 1.29 is 0 Å². The second-order valence-electron chi connectivity index (χ2n) is 4.46. The van der Waals surface area contributed by atoms with Crippen molar-refractivity contribution in [2.75, 3.05) is 5.32 Å². The molecule has 0 bridgehead atoms. The van der Waals surface area contributed by atoms with Gasteiger partial charge >= 0.3 is 0 Å². The van der Waals surface area contributed by atoms with Gasteiger partial charge in [-0.05, 0) is 31.4 Å². The molecule has 0 atom stereocenters. The molecule has 0 aliphatic rings. The summed E-state index contributed by atoms with van der Waals surface area (Å²) in [5, 5.41) is 7.38. The third-order valence-electron chi connectivity index (χ3n) is 3.19. The van der Waals surface area contributed by atoms with E-state index in [0.717, 1.165) is 12.8 Å². The molecule has 0 saturated carbocycles. The summed E-state index contributed by atoms with van der Waals surface area (Å²) in [7, 11) is 0. The number of aromatic nitrogens is 6. The number of rotatable bonds is 5. The van der Waals surface area contributed by atoms with Gasteiger partial charge in [-0.15, -0.1) is 0 Å². The van der Waals surface area contributed by atoms with Gasteiger partial charge in [-0.25, -0.2) is 4.98 Å². The molecule has 0 aliphatic carbocycles. The molecule has 7 nitrogen and oxygen atoms in total. The first-order valence-electron chi connectivity index (χ1n) is 6.11. The van der Waals surface area contributed by atoms with E-state index < -0.39 is 0 Å². The molecule has 0 saturated heterocycles. The zero-order chi connectivity index (χ0) is 13.9. The van der Waals surface area contributed by atoms with Gasteiger partial charge in [0.1, 0.15) is 12.7 Å². The number of hydrogen-bond acceptors (Lipinski definition) is 6. The summed E-state index contributed by atoms with van der Waals surface area (Å²) < 4.78 is 1.44. The Bertz CT molecular complexity index is 536. The summed E-state index contributed by atoms with van der Waals surface area (Å²) in [5.74, 6) is 0.784. The lowest BCUT2D eigenvalue weighted by Gasteiger charge is -2.28. The predicted molar refractivity (Wildman–Crippen MR) is 72.4 cm³/mol. The van der Waals surface area contributed by atoms with Crippen molar-refractivity contribution in [3.63, 3.8) is 0 Å². The average molecular weight is 282 g/mol. The van der Waals surface area contributed by atoms with E-state index in [4.69, 9.17) is 11.6 Å². The third-order valence-corrected chi connectivity index (χ3v) is 3.36. The maximum Gasteiger partial charge on any atom is 0.258 e. The molecular formula is C11H16ClN7. The minimum Gasteiger partial charge on any atom is -0.349 e. The van der Waals surface area contributed by atoms with Gasteiger partial charge in [0.05, 0.1) is 0 Å². The predicted octanol–water partition coefficient (Wildman–Crippen LogP) is 2.10. The second-order valence-corrected chi connectivity index (χ2v) is 4.80. The van der Waals surface area contributed by atoms with E-state index in [1.165, 1.54) is 17.3 Å². The van der Waals surface area contributed by atoms with Crippen LogP contribution in [0.3, 0.4) is 0 Å². The molecule has 102 valence electrons. The Labute approximate surface area is 116 Å². The van der Waals surface area contributed by atoms with Crippen LogP contribution in [-0.2, 0) is 0 Å². The molecule has 0 fully saturated rings. The largest absolute Gasteiger partial charge is 0.349 e. The van der Waals surface area contributed by atoms with Gasteiger partial charge in [0.25, 0.3) is 5.95 Å². The molecule has 0 amide bonds. The highest BCUT2D eigenvalue weighted by atomic mass is 35.5. The molecule has 2 heterocycles. The molecule has 1 N–H and O–H groups in total. The summed E-state index contributed by atoms with van der Waals surface area (Å²) in [5.41, 5.74) is -0.0790. The van der Waals surface area contributed by atoms with Crippen LogP contribution in [0.15, 0.2) is 12.7 Å². The van der Waals surface area contributed by atoms with Crippen molar-refractivity contribution in [2.24, 2.45) is 0 Å². The molecule has 0 aliphatic heterocycles. The Morgan fingerprint density at radius 2 is 2.00 bits per heavy atom. The Hall–Kier alpha value is -1.76. The molecule has 2 aromatic rings. The smallest absolute Gasteiger partial charge is 0.258 e. The van der Waals surface area contributed by atoms with Crippen LogP contribution in [0.1, 0.15) is 33.6 Å². The Balaban J connectivity index is 2.32. The fraction of sp³-hybridized carbons (Fsp3) is 0.545. The van der Waals surface area contributed by atoms with Gasteiger partial charge in [0.2, 0.25) is 11.2 Å². The summed E-state index contributed by atoms with van der Waals surface area (Å²) >= 11 is 5.92. The number of nitrogens with one attached hydrogen (secondary N) is 1. The molecule has 2 aromatic heterocycles. The minimum absolute atomic E-state index is 0.0790. The van der Waals surface area contributed by atoms with Gasteiger partial charge in [0.15, 0.2) is 0 Å². The van der Waals surface area contributed by atoms with E-state index >= 15 is 0 Å². The van der Waals surface area contributed by atoms with Crippen molar-refractivity contribution >= 4 is 17.5 Å². The molecular weight excluding hydrogens is 266 g/mol. The van der Waals surface area contributed by atoms with E-state index in [0.29, 0.717) is 11.9 Å². The molecule has 0 aromatic carbocycles. The summed E-state index contributed by atoms with van der Waals surface area (Å²) in [6.45, 7) is 6.33. The second kappa shape index (κ2) is 5.48. The van der Waals surface area contributed by atoms with Gasteiger partial charge < -0.3 is 5.32 Å². The Morgan fingerprint density at radius 1 is 1.26 bits per heavy atom. The molecule has 19 heavy (non-hydrogen) atoms. The normalized spacial score (nSPS) is 11.6. The molecule has 2 rings (SSSR count). The number of anilines is 1. The highest BCUT2D eigenvalue weighted by molar-refractivity contribution is 6.28. The average Bonchev–Trinajstić information content (AvgIpc) is 2.92. The lowest BCUT2D eigenvalue weighted by Crippen LogP contribution is -2.34. The Kier molecular flexibility index (Phi) is 3.94. The quantitative estimate of drug-likeness (QED) is 0.904. The Morgan fingerprint density at radius 3 is 2.58 bits per heavy atom. The maximum atomic E-state index is 5.92. The third kappa shape index (κ3) is 3.17. The fourth-order valence-electron chi connectivity index (χ4n) is 1.51. The van der Waals surface area contributed by atoms with Crippen molar-refractivity contribution in [3.8, 4) is 5.95 Å². The van der Waals surface area contributed by atoms with Crippen molar-refractivity contribution in [3.05, 3.63) is 17.9 Å². The van der Waals surface area contributed by atoms with Crippen LogP contribution < -0.4 is 5.32 Å². The van der Waals surface area contributed by atoms with E-state index in [-0.39, 0.29) is 10.8 Å². The highest BCUT2D eigenvalue weighted by Gasteiger charge is 2.21. The zero-order valence-corrected chi connectivity index (χ0v) is 11.9. The topological polar surface area (TPSA) is 81.4 Å². The lowest BCUT2D eigenvalue weighted by molar-refractivity contribution is 0.474. The molecule has 8 heteroatoms. The monoisotopic (exact) mass is 281 g/mol. The number of hydrogen-bond donors (Lipinski definition) is 1. The lowest BCUT2D eigenvalue weighted by atomic mass is 9.96. The minimum atomic E-state index is -0.0790. The van der Waals surface area contributed by atoms with Crippen molar-refractivity contribution in [1.82, 2.24) is 29.7 Å². The molecule has 0 unspecified atom stereocenters. The SMILES string of the molecule is CCC(C)(CC)Nc1nc(Cl)nc(-n2cncn2)n1. The van der Waals surface area contributed by atoms with Gasteiger partial charge in [-0.1, -0.05) is 13.8 Å². The van der Waals surface area contributed by atoms with Crippen LogP contribution >= 0.6 is 11.6 Å². The van der Waals surface area contributed by atoms with E-state index in [9.17, 15) is 0 Å². The first-order chi connectivity index (χ1) is 9.06. The highest BCUT2D eigenvalue weighted by Crippen LogP contribution is 2.20. The van der Waals surface area contributed by atoms with Gasteiger partial charge in [-0.3, -0.25) is 0 Å². The van der Waals surface area contributed by atoms with Crippen molar-refractivity contribution in [1.29, 1.82) is 0 Å². The van der Waals surface area contributed by atoms with Crippen LogP contribution in [0, 0.1) is 0 Å². The van der Waals surface area contributed by atoms with Crippen LogP contribution in [0.25, 0.3) is 5.95 Å². The van der Waals surface area contributed by atoms with Crippen LogP contribution in [0.2, 0.25) is 5.28 Å². The van der Waals surface area contributed by atoms with E-state index in [1.54, 1.807) is 0 Å². The standard InChI is InChI=1S/C11H16ClN7/c1-4-11(3,5-2)18-9-15-8(12)16-10(17-9)19-7-13-6-14-19/h6-7H,4-5H2,1-3H3,(H,15,16,17,18). The van der Waals surface area contributed by atoms with Crippen LogP contribution in [0.5, 0.6) is 0 Å².